The maximum Gasteiger partial charge on any atom is 0.191 e. The normalized spacial score (nSPS) is 11.1. The summed E-state index contributed by atoms with van der Waals surface area (Å²) in [5.74, 6) is 0.584. The van der Waals surface area contributed by atoms with Gasteiger partial charge < -0.3 is 10.6 Å². The highest BCUT2D eigenvalue weighted by atomic mass is 127. The zero-order valence-corrected chi connectivity index (χ0v) is 13.6. The SMILES string of the molecule is CN=C(NCc1ccc(F)c(C)c1)NC(C)C.I. The largest absolute Gasteiger partial charge is 0.354 e. The van der Waals surface area contributed by atoms with Crippen LogP contribution in [0.15, 0.2) is 23.2 Å². The van der Waals surface area contributed by atoms with Gasteiger partial charge in [-0.25, -0.2) is 4.39 Å². The lowest BCUT2D eigenvalue weighted by atomic mass is 10.1. The molecule has 102 valence electrons. The molecule has 1 rings (SSSR count). The van der Waals surface area contributed by atoms with E-state index in [1.54, 1.807) is 20.0 Å². The van der Waals surface area contributed by atoms with Crippen LogP contribution in [-0.4, -0.2) is 19.0 Å². The van der Waals surface area contributed by atoms with Gasteiger partial charge in [0, 0.05) is 19.6 Å². The molecule has 0 unspecified atom stereocenters. The minimum atomic E-state index is -0.168. The summed E-state index contributed by atoms with van der Waals surface area (Å²) in [5, 5.41) is 6.37. The Morgan fingerprint density at radius 3 is 2.56 bits per heavy atom. The van der Waals surface area contributed by atoms with E-state index < -0.39 is 0 Å². The number of benzene rings is 1. The van der Waals surface area contributed by atoms with E-state index in [0.29, 0.717) is 18.2 Å². The van der Waals surface area contributed by atoms with Crippen molar-refractivity contribution >= 4 is 29.9 Å². The van der Waals surface area contributed by atoms with Crippen molar-refractivity contribution in [3.8, 4) is 0 Å². The van der Waals surface area contributed by atoms with Crippen LogP contribution >= 0.6 is 24.0 Å². The smallest absolute Gasteiger partial charge is 0.191 e. The maximum atomic E-state index is 13.1. The molecule has 0 atom stereocenters. The Kier molecular flexibility index (Phi) is 7.90. The number of halogens is 2. The van der Waals surface area contributed by atoms with E-state index in [1.165, 1.54) is 6.07 Å². The summed E-state index contributed by atoms with van der Waals surface area (Å²) in [4.78, 5) is 4.10. The molecule has 0 aliphatic rings. The summed E-state index contributed by atoms with van der Waals surface area (Å²) in [6.45, 7) is 6.50. The zero-order chi connectivity index (χ0) is 12.8. The number of nitrogens with zero attached hydrogens (tertiary/aromatic N) is 1. The summed E-state index contributed by atoms with van der Waals surface area (Å²) in [7, 11) is 1.73. The van der Waals surface area contributed by atoms with E-state index in [2.05, 4.69) is 29.5 Å². The summed E-state index contributed by atoms with van der Waals surface area (Å²) in [6, 6.07) is 5.43. The summed E-state index contributed by atoms with van der Waals surface area (Å²) in [6.07, 6.45) is 0. The molecule has 0 saturated carbocycles. The van der Waals surface area contributed by atoms with Crippen molar-refractivity contribution in [3.63, 3.8) is 0 Å². The van der Waals surface area contributed by atoms with Gasteiger partial charge in [0.1, 0.15) is 5.82 Å². The Balaban J connectivity index is 0.00000289. The Morgan fingerprint density at radius 1 is 1.39 bits per heavy atom. The van der Waals surface area contributed by atoms with Crippen LogP contribution < -0.4 is 10.6 Å². The highest BCUT2D eigenvalue weighted by Gasteiger charge is 2.02. The van der Waals surface area contributed by atoms with Gasteiger partial charge in [-0.3, -0.25) is 4.99 Å². The third kappa shape index (κ3) is 5.66. The Bertz CT molecular complexity index is 405. The van der Waals surface area contributed by atoms with Crippen LogP contribution in [0.2, 0.25) is 0 Å². The standard InChI is InChI=1S/C13H20FN3.HI/c1-9(2)17-13(15-4)16-8-11-5-6-12(14)10(3)7-11;/h5-7,9H,8H2,1-4H3,(H2,15,16,17);1H. The first kappa shape index (κ1) is 17.2. The molecule has 0 fully saturated rings. The van der Waals surface area contributed by atoms with E-state index in [9.17, 15) is 4.39 Å². The van der Waals surface area contributed by atoms with E-state index in [-0.39, 0.29) is 29.8 Å². The molecule has 0 aliphatic heterocycles. The number of nitrogens with one attached hydrogen (secondary N) is 2. The van der Waals surface area contributed by atoms with Gasteiger partial charge in [-0.05, 0) is 38.0 Å². The fourth-order valence-electron chi connectivity index (χ4n) is 1.47. The molecule has 0 aliphatic carbocycles. The van der Waals surface area contributed by atoms with Crippen LogP contribution in [0.25, 0.3) is 0 Å². The van der Waals surface area contributed by atoms with Crippen LogP contribution in [0.1, 0.15) is 25.0 Å². The fourth-order valence-corrected chi connectivity index (χ4v) is 1.47. The van der Waals surface area contributed by atoms with Crippen LogP contribution in [0, 0.1) is 12.7 Å². The average Bonchev–Trinajstić information content (AvgIpc) is 2.28. The lowest BCUT2D eigenvalue weighted by molar-refractivity contribution is 0.617. The molecule has 3 nitrogen and oxygen atoms in total. The number of rotatable bonds is 3. The molecule has 5 heteroatoms. The van der Waals surface area contributed by atoms with Gasteiger partial charge >= 0.3 is 0 Å². The van der Waals surface area contributed by atoms with Crippen molar-refractivity contribution in [3.05, 3.63) is 35.1 Å². The summed E-state index contributed by atoms with van der Waals surface area (Å²) < 4.78 is 13.1. The molecule has 0 aromatic heterocycles. The highest BCUT2D eigenvalue weighted by molar-refractivity contribution is 14.0. The summed E-state index contributed by atoms with van der Waals surface area (Å²) in [5.41, 5.74) is 1.70. The van der Waals surface area contributed by atoms with Gasteiger partial charge in [0.25, 0.3) is 0 Å². The predicted octanol–water partition coefficient (Wildman–Crippen LogP) is 2.83. The van der Waals surface area contributed by atoms with Gasteiger partial charge in [-0.1, -0.05) is 12.1 Å². The fraction of sp³-hybridized carbons (Fsp3) is 0.462. The molecule has 1 aromatic carbocycles. The van der Waals surface area contributed by atoms with E-state index >= 15 is 0 Å². The molecular weight excluding hydrogens is 344 g/mol. The van der Waals surface area contributed by atoms with Gasteiger partial charge in [0.15, 0.2) is 5.96 Å². The third-order valence-electron chi connectivity index (χ3n) is 2.33. The van der Waals surface area contributed by atoms with Crippen molar-refractivity contribution in [2.75, 3.05) is 7.05 Å². The van der Waals surface area contributed by atoms with Crippen molar-refractivity contribution in [1.82, 2.24) is 10.6 Å². The second-order valence-electron chi connectivity index (χ2n) is 4.31. The molecule has 0 amide bonds. The van der Waals surface area contributed by atoms with Gasteiger partial charge in [0.2, 0.25) is 0 Å². The molecule has 18 heavy (non-hydrogen) atoms. The second-order valence-corrected chi connectivity index (χ2v) is 4.31. The molecule has 0 bridgehead atoms. The first-order valence-electron chi connectivity index (χ1n) is 5.75. The van der Waals surface area contributed by atoms with Gasteiger partial charge in [-0.2, -0.15) is 0 Å². The number of aryl methyl sites for hydroxylation is 1. The van der Waals surface area contributed by atoms with E-state index in [0.717, 1.165) is 11.5 Å². The predicted molar refractivity (Wildman–Crippen MR) is 85.0 cm³/mol. The molecule has 1 aromatic rings. The minimum absolute atomic E-state index is 0. The van der Waals surface area contributed by atoms with Gasteiger partial charge in [0.05, 0.1) is 0 Å². The van der Waals surface area contributed by atoms with Crippen molar-refractivity contribution in [1.29, 1.82) is 0 Å². The Hall–Kier alpha value is -0.850. The average molecular weight is 365 g/mol. The van der Waals surface area contributed by atoms with Crippen LogP contribution in [0.5, 0.6) is 0 Å². The van der Waals surface area contributed by atoms with Crippen molar-refractivity contribution in [2.24, 2.45) is 4.99 Å². The molecule has 0 radical (unpaired) electrons. The van der Waals surface area contributed by atoms with Crippen molar-refractivity contribution in [2.45, 2.75) is 33.4 Å². The molecule has 0 heterocycles. The topological polar surface area (TPSA) is 36.4 Å². The van der Waals surface area contributed by atoms with Crippen LogP contribution in [0.3, 0.4) is 0 Å². The quantitative estimate of drug-likeness (QED) is 0.491. The second kappa shape index (κ2) is 8.29. The first-order valence-corrected chi connectivity index (χ1v) is 5.75. The van der Waals surface area contributed by atoms with Crippen LogP contribution in [-0.2, 0) is 6.54 Å². The number of guanidine groups is 1. The molecule has 0 spiro atoms. The molecule has 0 saturated heterocycles. The number of aliphatic imine (C=N–C) groups is 1. The van der Waals surface area contributed by atoms with Crippen molar-refractivity contribution < 1.29 is 4.39 Å². The zero-order valence-electron chi connectivity index (χ0n) is 11.2. The van der Waals surface area contributed by atoms with Gasteiger partial charge in [-0.15, -0.1) is 24.0 Å². The molecule has 2 N–H and O–H groups in total. The molecular formula is C13H21FIN3. The van der Waals surface area contributed by atoms with Crippen LogP contribution in [0.4, 0.5) is 4.39 Å². The maximum absolute atomic E-state index is 13.1. The number of hydrogen-bond acceptors (Lipinski definition) is 1. The highest BCUT2D eigenvalue weighted by Crippen LogP contribution is 2.08. The van der Waals surface area contributed by atoms with E-state index in [4.69, 9.17) is 0 Å². The minimum Gasteiger partial charge on any atom is -0.354 e. The monoisotopic (exact) mass is 365 g/mol. The third-order valence-corrected chi connectivity index (χ3v) is 2.33. The Labute approximate surface area is 125 Å². The lowest BCUT2D eigenvalue weighted by Crippen LogP contribution is -2.40. The first-order chi connectivity index (χ1) is 8.02. The Morgan fingerprint density at radius 2 is 2.06 bits per heavy atom. The lowest BCUT2D eigenvalue weighted by Gasteiger charge is -2.14. The number of hydrogen-bond donors (Lipinski definition) is 2. The van der Waals surface area contributed by atoms with E-state index in [1.807, 2.05) is 6.07 Å². The summed E-state index contributed by atoms with van der Waals surface area (Å²) >= 11 is 0.